The summed E-state index contributed by atoms with van der Waals surface area (Å²) >= 11 is 1.30. The first-order chi connectivity index (χ1) is 9.02. The van der Waals surface area contributed by atoms with E-state index in [2.05, 4.69) is 5.32 Å². The quantitative estimate of drug-likeness (QED) is 0.574. The lowest BCUT2D eigenvalue weighted by molar-refractivity contribution is -0.118. The van der Waals surface area contributed by atoms with Gasteiger partial charge in [0.2, 0.25) is 5.91 Å². The van der Waals surface area contributed by atoms with E-state index in [0.29, 0.717) is 18.7 Å². The van der Waals surface area contributed by atoms with Gasteiger partial charge in [-0.1, -0.05) is 37.4 Å². The topological polar surface area (TPSA) is 66.4 Å². The van der Waals surface area contributed by atoms with Crippen LogP contribution in [0.3, 0.4) is 0 Å². The van der Waals surface area contributed by atoms with Crippen LogP contribution in [0, 0.1) is 0 Å². The van der Waals surface area contributed by atoms with Gasteiger partial charge in [-0.15, -0.1) is 0 Å². The molecular weight excluding hydrogens is 262 g/mol. The second-order valence-electron chi connectivity index (χ2n) is 4.86. The van der Waals surface area contributed by atoms with Crippen LogP contribution in [0.2, 0.25) is 0 Å². The summed E-state index contributed by atoms with van der Waals surface area (Å²) in [4.78, 5) is 22.1. The number of rotatable bonds is 11. The van der Waals surface area contributed by atoms with Crippen molar-refractivity contribution in [2.24, 2.45) is 0 Å². The highest BCUT2D eigenvalue weighted by molar-refractivity contribution is 8.13. The van der Waals surface area contributed by atoms with Gasteiger partial charge in [0.15, 0.2) is 5.12 Å². The van der Waals surface area contributed by atoms with Crippen molar-refractivity contribution >= 4 is 22.8 Å². The number of thioether (sulfide) groups is 1. The summed E-state index contributed by atoms with van der Waals surface area (Å²) in [5.74, 6) is 0.609. The zero-order valence-corrected chi connectivity index (χ0v) is 12.9. The molecule has 112 valence electrons. The minimum Gasteiger partial charge on any atom is -0.393 e. The Labute approximate surface area is 120 Å². The van der Waals surface area contributed by atoms with Crippen molar-refractivity contribution in [3.05, 3.63) is 0 Å². The van der Waals surface area contributed by atoms with Gasteiger partial charge in [0, 0.05) is 25.6 Å². The Morgan fingerprint density at radius 2 is 1.79 bits per heavy atom. The van der Waals surface area contributed by atoms with Crippen molar-refractivity contribution in [3.8, 4) is 0 Å². The van der Waals surface area contributed by atoms with Crippen LogP contribution in [-0.4, -0.2) is 34.5 Å². The van der Waals surface area contributed by atoms with Crippen molar-refractivity contribution in [1.82, 2.24) is 5.32 Å². The molecule has 2 N–H and O–H groups in total. The molecule has 0 aliphatic heterocycles. The van der Waals surface area contributed by atoms with Gasteiger partial charge in [-0.25, -0.2) is 0 Å². The summed E-state index contributed by atoms with van der Waals surface area (Å²) in [5, 5.41) is 12.0. The molecule has 1 unspecified atom stereocenters. The van der Waals surface area contributed by atoms with Crippen LogP contribution in [0.5, 0.6) is 0 Å². The van der Waals surface area contributed by atoms with Crippen LogP contribution in [0.4, 0.5) is 0 Å². The fourth-order valence-electron chi connectivity index (χ4n) is 1.70. The lowest BCUT2D eigenvalue weighted by Gasteiger charge is -2.04. The minimum atomic E-state index is -0.193. The molecule has 0 heterocycles. The number of hydrogen-bond donors (Lipinski definition) is 2. The first kappa shape index (κ1) is 18.4. The Hall–Kier alpha value is -0.550. The number of aliphatic hydroxyl groups excluding tert-OH is 1. The fraction of sp³-hybridized carbons (Fsp3) is 0.857. The molecule has 0 saturated carbocycles. The Morgan fingerprint density at radius 3 is 2.42 bits per heavy atom. The average Bonchev–Trinajstić information content (AvgIpc) is 2.33. The van der Waals surface area contributed by atoms with Crippen LogP contribution in [0.25, 0.3) is 0 Å². The zero-order chi connectivity index (χ0) is 14.5. The highest BCUT2D eigenvalue weighted by Crippen LogP contribution is 2.12. The van der Waals surface area contributed by atoms with E-state index in [4.69, 9.17) is 5.11 Å². The van der Waals surface area contributed by atoms with Gasteiger partial charge >= 0.3 is 0 Å². The molecule has 0 spiro atoms. The number of aliphatic hydroxyl groups is 1. The molecule has 0 radical (unpaired) electrons. The maximum absolute atomic E-state index is 11.5. The van der Waals surface area contributed by atoms with Gasteiger partial charge in [-0.3, -0.25) is 9.59 Å². The molecule has 0 aromatic heterocycles. The molecule has 1 atom stereocenters. The van der Waals surface area contributed by atoms with Crippen LogP contribution >= 0.6 is 11.8 Å². The van der Waals surface area contributed by atoms with Crippen molar-refractivity contribution in [1.29, 1.82) is 0 Å². The second kappa shape index (κ2) is 12.5. The number of carbonyl (C=O) groups is 2. The predicted molar refractivity (Wildman–Crippen MR) is 80.1 cm³/mol. The number of amides is 1. The van der Waals surface area contributed by atoms with E-state index in [1.165, 1.54) is 18.7 Å². The third-order valence-electron chi connectivity index (χ3n) is 2.74. The standard InChI is InChI=1S/C14H27NO3S/c1-12(16)8-6-4-3-5-7-9-14(18)19-11-10-15-13(2)17/h12,16H,3-11H2,1-2H3,(H,15,17). The van der Waals surface area contributed by atoms with E-state index in [0.717, 1.165) is 38.5 Å². The predicted octanol–water partition coefficient (Wildman–Crippen LogP) is 2.49. The van der Waals surface area contributed by atoms with Crippen LogP contribution < -0.4 is 5.32 Å². The molecule has 0 aliphatic carbocycles. The van der Waals surface area contributed by atoms with E-state index in [1.807, 2.05) is 6.92 Å². The summed E-state index contributed by atoms with van der Waals surface area (Å²) in [6.07, 6.45) is 6.67. The number of carbonyl (C=O) groups excluding carboxylic acids is 2. The maximum Gasteiger partial charge on any atom is 0.216 e. The van der Waals surface area contributed by atoms with E-state index >= 15 is 0 Å². The Kier molecular flexibility index (Phi) is 12.1. The highest BCUT2D eigenvalue weighted by atomic mass is 32.2. The van der Waals surface area contributed by atoms with Crippen LogP contribution in [0.1, 0.15) is 58.8 Å². The molecule has 19 heavy (non-hydrogen) atoms. The van der Waals surface area contributed by atoms with Gasteiger partial charge in [-0.05, 0) is 19.8 Å². The van der Waals surface area contributed by atoms with Crippen LogP contribution in [-0.2, 0) is 9.59 Å². The first-order valence-corrected chi connectivity index (χ1v) is 8.09. The van der Waals surface area contributed by atoms with E-state index in [1.54, 1.807) is 0 Å². The van der Waals surface area contributed by atoms with Gasteiger partial charge in [0.05, 0.1) is 6.10 Å². The third-order valence-corrected chi connectivity index (χ3v) is 3.68. The summed E-state index contributed by atoms with van der Waals surface area (Å²) in [7, 11) is 0. The molecule has 0 rings (SSSR count). The average molecular weight is 289 g/mol. The summed E-state index contributed by atoms with van der Waals surface area (Å²) in [5.41, 5.74) is 0. The van der Waals surface area contributed by atoms with Gasteiger partial charge in [0.25, 0.3) is 0 Å². The number of nitrogens with one attached hydrogen (secondary N) is 1. The molecule has 0 fully saturated rings. The molecule has 0 bridgehead atoms. The SMILES string of the molecule is CC(=O)NCCSC(=O)CCCCCCCC(C)O. The second-order valence-corrected chi connectivity index (χ2v) is 6.01. The molecule has 0 aliphatic rings. The fourth-order valence-corrected chi connectivity index (χ4v) is 2.42. The molecule has 4 nitrogen and oxygen atoms in total. The Bertz CT molecular complexity index is 257. The largest absolute Gasteiger partial charge is 0.393 e. The van der Waals surface area contributed by atoms with E-state index in [-0.39, 0.29) is 17.1 Å². The van der Waals surface area contributed by atoms with Crippen molar-refractivity contribution in [2.75, 3.05) is 12.3 Å². The summed E-state index contributed by atoms with van der Waals surface area (Å²) < 4.78 is 0. The zero-order valence-electron chi connectivity index (χ0n) is 12.1. The van der Waals surface area contributed by atoms with E-state index in [9.17, 15) is 9.59 Å². The normalized spacial score (nSPS) is 12.2. The summed E-state index contributed by atoms with van der Waals surface area (Å²) in [6, 6.07) is 0. The molecule has 0 aromatic carbocycles. The third kappa shape index (κ3) is 15.4. The lowest BCUT2D eigenvalue weighted by atomic mass is 10.1. The molecule has 0 saturated heterocycles. The highest BCUT2D eigenvalue weighted by Gasteiger charge is 2.03. The van der Waals surface area contributed by atoms with Gasteiger partial charge < -0.3 is 10.4 Å². The monoisotopic (exact) mass is 289 g/mol. The van der Waals surface area contributed by atoms with Crippen molar-refractivity contribution < 1.29 is 14.7 Å². The Balaban J connectivity index is 3.22. The molecular formula is C14H27NO3S. The van der Waals surface area contributed by atoms with Gasteiger partial charge in [-0.2, -0.15) is 0 Å². The minimum absolute atomic E-state index is 0.0507. The maximum atomic E-state index is 11.5. The van der Waals surface area contributed by atoms with Gasteiger partial charge in [0.1, 0.15) is 0 Å². The molecule has 0 aromatic rings. The summed E-state index contributed by atoms with van der Waals surface area (Å²) in [6.45, 7) is 3.85. The molecule has 1 amide bonds. The Morgan fingerprint density at radius 1 is 1.16 bits per heavy atom. The van der Waals surface area contributed by atoms with Crippen molar-refractivity contribution in [3.63, 3.8) is 0 Å². The van der Waals surface area contributed by atoms with E-state index < -0.39 is 0 Å². The molecule has 5 heteroatoms. The lowest BCUT2D eigenvalue weighted by Crippen LogP contribution is -2.22. The number of hydrogen-bond acceptors (Lipinski definition) is 4. The smallest absolute Gasteiger partial charge is 0.216 e. The first-order valence-electron chi connectivity index (χ1n) is 7.10. The van der Waals surface area contributed by atoms with Crippen molar-refractivity contribution in [2.45, 2.75) is 64.9 Å². The van der Waals surface area contributed by atoms with Crippen LogP contribution in [0.15, 0.2) is 0 Å². The number of unbranched alkanes of at least 4 members (excludes halogenated alkanes) is 4.